The molecule has 2 heterocycles. The number of aryl methyl sites for hydroxylation is 2. The van der Waals surface area contributed by atoms with E-state index in [9.17, 15) is 5.11 Å². The fourth-order valence-electron chi connectivity index (χ4n) is 2.37. The van der Waals surface area contributed by atoms with Gasteiger partial charge in [-0.3, -0.25) is 4.98 Å². The zero-order valence-corrected chi connectivity index (χ0v) is 12.0. The highest BCUT2D eigenvalue weighted by molar-refractivity contribution is 5.84. The van der Waals surface area contributed by atoms with Crippen molar-refractivity contribution >= 4 is 10.9 Å². The van der Waals surface area contributed by atoms with Crippen LogP contribution in [0.2, 0.25) is 0 Å². The molecule has 4 heteroatoms. The van der Waals surface area contributed by atoms with Crippen molar-refractivity contribution in [3.63, 3.8) is 0 Å². The van der Waals surface area contributed by atoms with Crippen molar-refractivity contribution in [1.29, 1.82) is 0 Å². The summed E-state index contributed by atoms with van der Waals surface area (Å²) in [6.45, 7) is 3.74. The summed E-state index contributed by atoms with van der Waals surface area (Å²) in [6.07, 6.45) is 1.73. The van der Waals surface area contributed by atoms with Crippen LogP contribution in [0.5, 0.6) is 11.6 Å². The van der Waals surface area contributed by atoms with Crippen LogP contribution in [-0.4, -0.2) is 15.1 Å². The molecule has 0 radical (unpaired) electrons. The number of fused-ring (bicyclic) bond motifs is 1. The Labute approximate surface area is 123 Å². The van der Waals surface area contributed by atoms with E-state index in [0.717, 1.165) is 22.2 Å². The maximum atomic E-state index is 9.55. The summed E-state index contributed by atoms with van der Waals surface area (Å²) in [5, 5.41) is 10.6. The lowest BCUT2D eigenvalue weighted by atomic mass is 10.1. The van der Waals surface area contributed by atoms with E-state index in [4.69, 9.17) is 4.74 Å². The minimum atomic E-state index is -0.105. The molecule has 0 saturated carbocycles. The Morgan fingerprint density at radius 1 is 1.14 bits per heavy atom. The summed E-state index contributed by atoms with van der Waals surface area (Å²) in [5.74, 6) is 1.08. The molecule has 0 bridgehead atoms. The average Bonchev–Trinajstić information content (AvgIpc) is 2.47. The number of ether oxygens (including phenoxy) is 1. The number of rotatable bonds is 3. The van der Waals surface area contributed by atoms with Gasteiger partial charge in [0.15, 0.2) is 5.75 Å². The lowest BCUT2D eigenvalue weighted by Gasteiger charge is -2.13. The minimum Gasteiger partial charge on any atom is -0.436 e. The molecular formula is C17H16N2O2. The number of pyridine rings is 2. The number of hydrogen-bond donors (Lipinski definition) is 1. The smallest absolute Gasteiger partial charge is 0.225 e. The summed E-state index contributed by atoms with van der Waals surface area (Å²) in [7, 11) is 0. The maximum absolute atomic E-state index is 9.55. The Hall–Kier alpha value is -2.46. The number of nitrogens with zero attached hydrogens (tertiary/aromatic N) is 2. The van der Waals surface area contributed by atoms with Crippen molar-refractivity contribution in [1.82, 2.24) is 9.97 Å². The van der Waals surface area contributed by atoms with Crippen molar-refractivity contribution in [3.8, 4) is 11.6 Å². The van der Waals surface area contributed by atoms with E-state index in [1.54, 1.807) is 6.20 Å². The Balaban J connectivity index is 2.11. The van der Waals surface area contributed by atoms with Gasteiger partial charge in [0.05, 0.1) is 6.61 Å². The van der Waals surface area contributed by atoms with Crippen molar-refractivity contribution < 1.29 is 9.84 Å². The monoisotopic (exact) mass is 280 g/mol. The number of hydrogen-bond acceptors (Lipinski definition) is 4. The number of aliphatic hydroxyl groups excluding tert-OH is 1. The Morgan fingerprint density at radius 2 is 1.95 bits per heavy atom. The Bertz CT molecular complexity index is 795. The van der Waals surface area contributed by atoms with Crippen LogP contribution in [0, 0.1) is 13.8 Å². The van der Waals surface area contributed by atoms with Gasteiger partial charge in [-0.2, -0.15) is 0 Å². The molecule has 0 amide bonds. The van der Waals surface area contributed by atoms with Crippen LogP contribution in [0.15, 0.2) is 42.6 Å². The molecule has 0 spiro atoms. The molecule has 3 aromatic rings. The third kappa shape index (κ3) is 2.58. The highest BCUT2D eigenvalue weighted by atomic mass is 16.5. The van der Waals surface area contributed by atoms with E-state index in [2.05, 4.69) is 9.97 Å². The molecule has 0 atom stereocenters. The molecule has 0 aliphatic rings. The van der Waals surface area contributed by atoms with Gasteiger partial charge >= 0.3 is 0 Å². The van der Waals surface area contributed by atoms with Crippen LogP contribution in [0.1, 0.15) is 16.8 Å². The van der Waals surface area contributed by atoms with E-state index in [1.165, 1.54) is 0 Å². The second-order valence-corrected chi connectivity index (χ2v) is 4.96. The third-order valence-electron chi connectivity index (χ3n) is 3.40. The quantitative estimate of drug-likeness (QED) is 0.797. The molecule has 2 aromatic heterocycles. The second kappa shape index (κ2) is 5.50. The third-order valence-corrected chi connectivity index (χ3v) is 3.40. The molecule has 0 fully saturated rings. The zero-order chi connectivity index (χ0) is 14.8. The molecule has 0 unspecified atom stereocenters. The van der Waals surface area contributed by atoms with Crippen LogP contribution in [-0.2, 0) is 6.61 Å². The van der Waals surface area contributed by atoms with Gasteiger partial charge in [-0.05, 0) is 37.6 Å². The van der Waals surface area contributed by atoms with E-state index in [1.807, 2.05) is 50.2 Å². The predicted molar refractivity (Wildman–Crippen MR) is 81.5 cm³/mol. The first-order valence-electron chi connectivity index (χ1n) is 6.78. The molecule has 0 aliphatic heterocycles. The summed E-state index contributed by atoms with van der Waals surface area (Å²) in [4.78, 5) is 8.76. The molecule has 1 N–H and O–H groups in total. The van der Waals surface area contributed by atoms with Gasteiger partial charge in [-0.1, -0.05) is 18.2 Å². The molecule has 0 saturated heterocycles. The topological polar surface area (TPSA) is 55.2 Å². The standard InChI is InChI=1S/C17H16N2O2/c1-11-9-12(2)19-17(14(11)10-20)21-15-7-3-5-13-6-4-8-18-16(13)15/h3-9,20H,10H2,1-2H3. The maximum Gasteiger partial charge on any atom is 0.225 e. The SMILES string of the molecule is Cc1cc(C)c(CO)c(Oc2cccc3cccnc23)n1. The number of aromatic nitrogens is 2. The van der Waals surface area contributed by atoms with Gasteiger partial charge < -0.3 is 9.84 Å². The number of aliphatic hydroxyl groups is 1. The summed E-state index contributed by atoms with van der Waals surface area (Å²) in [5.41, 5.74) is 3.31. The van der Waals surface area contributed by atoms with Crippen LogP contribution >= 0.6 is 0 Å². The van der Waals surface area contributed by atoms with E-state index < -0.39 is 0 Å². The highest BCUT2D eigenvalue weighted by Crippen LogP contribution is 2.30. The van der Waals surface area contributed by atoms with Crippen molar-refractivity contribution in [3.05, 3.63) is 59.4 Å². The van der Waals surface area contributed by atoms with Crippen molar-refractivity contribution in [2.75, 3.05) is 0 Å². The zero-order valence-electron chi connectivity index (χ0n) is 12.0. The fraction of sp³-hybridized carbons (Fsp3) is 0.176. The van der Waals surface area contributed by atoms with Crippen LogP contribution < -0.4 is 4.74 Å². The molecule has 106 valence electrons. The lowest BCUT2D eigenvalue weighted by molar-refractivity contribution is 0.274. The van der Waals surface area contributed by atoms with Gasteiger partial charge in [0, 0.05) is 22.8 Å². The largest absolute Gasteiger partial charge is 0.436 e. The molecule has 1 aromatic carbocycles. The normalized spacial score (nSPS) is 10.8. The molecule has 4 nitrogen and oxygen atoms in total. The van der Waals surface area contributed by atoms with Crippen LogP contribution in [0.25, 0.3) is 10.9 Å². The Morgan fingerprint density at radius 3 is 2.76 bits per heavy atom. The summed E-state index contributed by atoms with van der Waals surface area (Å²) >= 11 is 0. The fourth-order valence-corrected chi connectivity index (χ4v) is 2.37. The highest BCUT2D eigenvalue weighted by Gasteiger charge is 2.12. The van der Waals surface area contributed by atoms with Crippen molar-refractivity contribution in [2.45, 2.75) is 20.5 Å². The first-order valence-corrected chi connectivity index (χ1v) is 6.78. The van der Waals surface area contributed by atoms with Gasteiger partial charge in [0.25, 0.3) is 0 Å². The lowest BCUT2D eigenvalue weighted by Crippen LogP contribution is -2.00. The van der Waals surface area contributed by atoms with Crippen LogP contribution in [0.4, 0.5) is 0 Å². The number of para-hydroxylation sites is 1. The van der Waals surface area contributed by atoms with Gasteiger partial charge in [-0.25, -0.2) is 4.98 Å². The second-order valence-electron chi connectivity index (χ2n) is 4.96. The predicted octanol–water partition coefficient (Wildman–Crippen LogP) is 3.53. The first kappa shape index (κ1) is 13.5. The first-order chi connectivity index (χ1) is 10.2. The van der Waals surface area contributed by atoms with E-state index in [-0.39, 0.29) is 6.61 Å². The molecule has 3 rings (SSSR count). The van der Waals surface area contributed by atoms with Gasteiger partial charge in [0.2, 0.25) is 5.88 Å². The molecular weight excluding hydrogens is 264 g/mol. The van der Waals surface area contributed by atoms with E-state index >= 15 is 0 Å². The van der Waals surface area contributed by atoms with Gasteiger partial charge in [-0.15, -0.1) is 0 Å². The van der Waals surface area contributed by atoms with E-state index in [0.29, 0.717) is 17.2 Å². The Kier molecular flexibility index (Phi) is 3.54. The van der Waals surface area contributed by atoms with Crippen LogP contribution in [0.3, 0.4) is 0 Å². The van der Waals surface area contributed by atoms with Crippen molar-refractivity contribution in [2.24, 2.45) is 0 Å². The van der Waals surface area contributed by atoms with Gasteiger partial charge in [0.1, 0.15) is 5.52 Å². The minimum absolute atomic E-state index is 0.105. The molecule has 0 aliphatic carbocycles. The average molecular weight is 280 g/mol. The number of benzene rings is 1. The summed E-state index contributed by atoms with van der Waals surface area (Å²) in [6, 6.07) is 11.6. The summed E-state index contributed by atoms with van der Waals surface area (Å²) < 4.78 is 5.94. The molecule has 21 heavy (non-hydrogen) atoms.